The van der Waals surface area contributed by atoms with Gasteiger partial charge in [0.2, 0.25) is 0 Å². The summed E-state index contributed by atoms with van der Waals surface area (Å²) in [5, 5.41) is 10.3. The Kier molecular flexibility index (Phi) is 2.43. The number of halogens is 1. The fourth-order valence-corrected chi connectivity index (χ4v) is 2.67. The highest BCUT2D eigenvalue weighted by Crippen LogP contribution is 2.34. The van der Waals surface area contributed by atoms with Crippen molar-refractivity contribution in [1.29, 1.82) is 5.26 Å². The third kappa shape index (κ3) is 1.52. The molecule has 2 rings (SSSR count). The Morgan fingerprint density at radius 1 is 1.62 bits per heavy atom. The van der Waals surface area contributed by atoms with E-state index in [2.05, 4.69) is 4.98 Å². The van der Waals surface area contributed by atoms with Crippen LogP contribution in [0.25, 0.3) is 0 Å². The van der Waals surface area contributed by atoms with Crippen LogP contribution in [-0.2, 0) is 6.42 Å². The maximum absolute atomic E-state index is 8.74. The predicted molar refractivity (Wildman–Crippen MR) is 53.0 cm³/mol. The van der Waals surface area contributed by atoms with Gasteiger partial charge in [-0.2, -0.15) is 5.26 Å². The van der Waals surface area contributed by atoms with Crippen LogP contribution in [0.1, 0.15) is 17.5 Å². The number of thioether (sulfide) groups is 1. The van der Waals surface area contributed by atoms with E-state index in [4.69, 9.17) is 16.9 Å². The van der Waals surface area contributed by atoms with Gasteiger partial charge in [-0.1, -0.05) is 11.6 Å². The summed E-state index contributed by atoms with van der Waals surface area (Å²) in [4.78, 5) is 4.21. The first-order chi connectivity index (χ1) is 6.33. The van der Waals surface area contributed by atoms with Crippen molar-refractivity contribution in [3.05, 3.63) is 22.3 Å². The highest BCUT2D eigenvalue weighted by molar-refractivity contribution is 7.99. The first kappa shape index (κ1) is 8.86. The van der Waals surface area contributed by atoms with E-state index in [0.717, 1.165) is 29.2 Å². The quantitative estimate of drug-likeness (QED) is 0.661. The van der Waals surface area contributed by atoms with Crippen LogP contribution in [0.5, 0.6) is 0 Å². The van der Waals surface area contributed by atoms with Crippen molar-refractivity contribution in [3.8, 4) is 6.07 Å². The maximum atomic E-state index is 8.74. The molecule has 1 aromatic rings. The Morgan fingerprint density at radius 3 is 3.23 bits per heavy atom. The van der Waals surface area contributed by atoms with E-state index < -0.39 is 0 Å². The van der Waals surface area contributed by atoms with Crippen LogP contribution < -0.4 is 0 Å². The second kappa shape index (κ2) is 3.57. The standard InChI is InChI=1S/C9H7ClN2S/c10-8-6(4-11)5-12-9-7(8)2-1-3-13-9/h5H,1-3H2. The molecule has 13 heavy (non-hydrogen) atoms. The summed E-state index contributed by atoms with van der Waals surface area (Å²) in [6.45, 7) is 0. The van der Waals surface area contributed by atoms with Gasteiger partial charge >= 0.3 is 0 Å². The summed E-state index contributed by atoms with van der Waals surface area (Å²) in [6, 6.07) is 2.04. The van der Waals surface area contributed by atoms with Crippen LogP contribution in [0.2, 0.25) is 5.02 Å². The first-order valence-electron chi connectivity index (χ1n) is 4.03. The fourth-order valence-electron chi connectivity index (χ4n) is 1.35. The van der Waals surface area contributed by atoms with Gasteiger partial charge in [0.1, 0.15) is 11.1 Å². The fraction of sp³-hybridized carbons (Fsp3) is 0.333. The molecule has 0 aliphatic carbocycles. The van der Waals surface area contributed by atoms with E-state index in [1.54, 1.807) is 18.0 Å². The molecule has 1 aromatic heterocycles. The van der Waals surface area contributed by atoms with E-state index in [1.165, 1.54) is 0 Å². The summed E-state index contributed by atoms with van der Waals surface area (Å²) < 4.78 is 0. The number of aromatic nitrogens is 1. The van der Waals surface area contributed by atoms with Gasteiger partial charge in [-0.25, -0.2) is 4.98 Å². The van der Waals surface area contributed by atoms with E-state index in [0.29, 0.717) is 10.6 Å². The monoisotopic (exact) mass is 210 g/mol. The first-order valence-corrected chi connectivity index (χ1v) is 5.39. The number of nitriles is 1. The summed E-state index contributed by atoms with van der Waals surface area (Å²) in [6.07, 6.45) is 3.62. The zero-order valence-electron chi connectivity index (χ0n) is 6.88. The van der Waals surface area contributed by atoms with Crippen molar-refractivity contribution < 1.29 is 0 Å². The molecule has 66 valence electrons. The minimum Gasteiger partial charge on any atom is -0.248 e. The minimum absolute atomic E-state index is 0.489. The van der Waals surface area contributed by atoms with Crippen LogP contribution in [0, 0.1) is 11.3 Å². The van der Waals surface area contributed by atoms with E-state index >= 15 is 0 Å². The molecule has 0 amide bonds. The van der Waals surface area contributed by atoms with Crippen molar-refractivity contribution in [1.82, 2.24) is 4.98 Å². The lowest BCUT2D eigenvalue weighted by Crippen LogP contribution is -2.02. The molecule has 1 aliphatic heterocycles. The summed E-state index contributed by atoms with van der Waals surface area (Å²) in [5.74, 6) is 1.10. The van der Waals surface area contributed by atoms with Gasteiger partial charge < -0.3 is 0 Å². The second-order valence-electron chi connectivity index (χ2n) is 2.83. The van der Waals surface area contributed by atoms with Crippen LogP contribution in [-0.4, -0.2) is 10.7 Å². The second-order valence-corrected chi connectivity index (χ2v) is 4.29. The van der Waals surface area contributed by atoms with Crippen LogP contribution in [0.3, 0.4) is 0 Å². The zero-order valence-corrected chi connectivity index (χ0v) is 8.45. The van der Waals surface area contributed by atoms with Gasteiger partial charge in [0.25, 0.3) is 0 Å². The number of nitrogens with zero attached hydrogens (tertiary/aromatic N) is 2. The van der Waals surface area contributed by atoms with Crippen molar-refractivity contribution >= 4 is 23.4 Å². The largest absolute Gasteiger partial charge is 0.248 e. The molecule has 0 saturated heterocycles. The summed E-state index contributed by atoms with van der Waals surface area (Å²) in [5.41, 5.74) is 1.54. The van der Waals surface area contributed by atoms with Gasteiger partial charge in [0.15, 0.2) is 0 Å². The van der Waals surface area contributed by atoms with Crippen molar-refractivity contribution in [2.24, 2.45) is 0 Å². The number of pyridine rings is 1. The molecule has 1 aliphatic rings. The van der Waals surface area contributed by atoms with Crippen LogP contribution >= 0.6 is 23.4 Å². The molecule has 0 N–H and O–H groups in total. The molecule has 0 atom stereocenters. The molecule has 2 nitrogen and oxygen atoms in total. The smallest absolute Gasteiger partial charge is 0.102 e. The number of fused-ring (bicyclic) bond motifs is 1. The highest BCUT2D eigenvalue weighted by Gasteiger charge is 2.16. The zero-order chi connectivity index (χ0) is 9.26. The Hall–Kier alpha value is -0.720. The third-order valence-electron chi connectivity index (χ3n) is 2.00. The molecule has 0 bridgehead atoms. The predicted octanol–water partition coefficient (Wildman–Crippen LogP) is 2.64. The molecule has 2 heterocycles. The molecule has 0 saturated carbocycles. The normalized spacial score (nSPS) is 14.8. The Balaban J connectivity index is 2.56. The lowest BCUT2D eigenvalue weighted by Gasteiger charge is -2.15. The van der Waals surface area contributed by atoms with E-state index in [1.807, 2.05) is 6.07 Å². The Morgan fingerprint density at radius 2 is 2.46 bits per heavy atom. The molecule has 0 fully saturated rings. The van der Waals surface area contributed by atoms with Gasteiger partial charge in [-0.15, -0.1) is 11.8 Å². The lowest BCUT2D eigenvalue weighted by atomic mass is 10.1. The average Bonchev–Trinajstić information content (AvgIpc) is 2.19. The van der Waals surface area contributed by atoms with Crippen molar-refractivity contribution in [3.63, 3.8) is 0 Å². The van der Waals surface area contributed by atoms with Crippen LogP contribution in [0.15, 0.2) is 11.2 Å². The van der Waals surface area contributed by atoms with Gasteiger partial charge in [-0.3, -0.25) is 0 Å². The van der Waals surface area contributed by atoms with E-state index in [-0.39, 0.29) is 0 Å². The molecular formula is C9H7ClN2S. The molecule has 0 spiro atoms. The SMILES string of the molecule is N#Cc1cnc2c(c1Cl)CCCS2. The molecule has 0 unspecified atom stereocenters. The van der Waals surface area contributed by atoms with Crippen molar-refractivity contribution in [2.45, 2.75) is 17.9 Å². The Labute approximate surface area is 85.9 Å². The van der Waals surface area contributed by atoms with Crippen LogP contribution in [0.4, 0.5) is 0 Å². The Bertz CT molecular complexity index is 384. The van der Waals surface area contributed by atoms with Gasteiger partial charge in [0.05, 0.1) is 10.6 Å². The summed E-state index contributed by atoms with van der Waals surface area (Å²) in [7, 11) is 0. The third-order valence-corrected chi connectivity index (χ3v) is 3.55. The van der Waals surface area contributed by atoms with Crippen molar-refractivity contribution in [2.75, 3.05) is 5.75 Å². The van der Waals surface area contributed by atoms with Gasteiger partial charge in [0, 0.05) is 11.8 Å². The molecule has 0 radical (unpaired) electrons. The number of rotatable bonds is 0. The lowest BCUT2D eigenvalue weighted by molar-refractivity contribution is 0.856. The van der Waals surface area contributed by atoms with E-state index in [9.17, 15) is 0 Å². The maximum Gasteiger partial charge on any atom is 0.102 e. The molecule has 4 heteroatoms. The molecular weight excluding hydrogens is 204 g/mol. The number of hydrogen-bond donors (Lipinski definition) is 0. The highest BCUT2D eigenvalue weighted by atomic mass is 35.5. The average molecular weight is 211 g/mol. The number of hydrogen-bond acceptors (Lipinski definition) is 3. The molecule has 0 aromatic carbocycles. The van der Waals surface area contributed by atoms with Gasteiger partial charge in [-0.05, 0) is 18.6 Å². The topological polar surface area (TPSA) is 36.7 Å². The summed E-state index contributed by atoms with van der Waals surface area (Å²) >= 11 is 7.77. The minimum atomic E-state index is 0.489.